The van der Waals surface area contributed by atoms with Crippen LogP contribution in [0.5, 0.6) is 5.75 Å². The molecule has 0 aliphatic heterocycles. The summed E-state index contributed by atoms with van der Waals surface area (Å²) in [7, 11) is 0. The summed E-state index contributed by atoms with van der Waals surface area (Å²) >= 11 is 14.9. The van der Waals surface area contributed by atoms with Gasteiger partial charge in [0, 0.05) is 27.3 Å². The Kier molecular flexibility index (Phi) is 4.82. The van der Waals surface area contributed by atoms with Gasteiger partial charge in [0.2, 0.25) is 5.75 Å². The third kappa shape index (κ3) is 3.72. The molecule has 0 atom stereocenters. The lowest BCUT2D eigenvalue weighted by Crippen LogP contribution is -1.92. The fourth-order valence-electron chi connectivity index (χ4n) is 1.57. The highest BCUT2D eigenvalue weighted by molar-refractivity contribution is 9.10. The summed E-state index contributed by atoms with van der Waals surface area (Å²) in [6.07, 6.45) is 1.28. The molecule has 0 saturated carbocycles. The Bertz CT molecular complexity index is 750. The monoisotopic (exact) mass is 388 g/mol. The Morgan fingerprint density at radius 3 is 2.67 bits per heavy atom. The number of aliphatic imine (C=N–C) groups is 1. The Hall–Kier alpha value is -1.63. The first-order valence-electron chi connectivity index (χ1n) is 5.54. The molecule has 2 rings (SSSR count). The Morgan fingerprint density at radius 1 is 1.29 bits per heavy atom. The van der Waals surface area contributed by atoms with Gasteiger partial charge in [-0.1, -0.05) is 39.1 Å². The van der Waals surface area contributed by atoms with Crippen LogP contribution in [0, 0.1) is 10.1 Å². The second-order valence-corrected chi connectivity index (χ2v) is 5.73. The number of hydrogen-bond acceptors (Lipinski definition) is 4. The maximum atomic E-state index is 10.8. The highest BCUT2D eigenvalue weighted by atomic mass is 79.9. The van der Waals surface area contributed by atoms with Crippen LogP contribution in [0.1, 0.15) is 5.56 Å². The number of phenolic OH excluding ortho intramolecular Hbond substituents is 1. The lowest BCUT2D eigenvalue weighted by atomic mass is 10.2. The van der Waals surface area contributed by atoms with Gasteiger partial charge < -0.3 is 5.11 Å². The van der Waals surface area contributed by atoms with Crippen molar-refractivity contribution < 1.29 is 10.0 Å². The minimum absolute atomic E-state index is 0.187. The second-order valence-electron chi connectivity index (χ2n) is 3.97. The zero-order chi connectivity index (χ0) is 15.6. The average Bonchev–Trinajstić information content (AvgIpc) is 2.42. The van der Waals surface area contributed by atoms with E-state index in [4.69, 9.17) is 23.2 Å². The van der Waals surface area contributed by atoms with Crippen molar-refractivity contribution in [3.05, 3.63) is 60.5 Å². The smallest absolute Gasteiger partial charge is 0.312 e. The van der Waals surface area contributed by atoms with Gasteiger partial charge in [0.25, 0.3) is 0 Å². The standard InChI is InChI=1S/C13H7BrCl2N2O3/c14-8-3-7(13(19)12(4-8)18(20)21)6-17-11-5-9(15)1-2-10(11)16/h1-6,19H. The van der Waals surface area contributed by atoms with Crippen molar-refractivity contribution in [3.8, 4) is 5.75 Å². The predicted octanol–water partition coefficient (Wildman–Crippen LogP) is 5.12. The molecule has 5 nitrogen and oxygen atoms in total. The van der Waals surface area contributed by atoms with Crippen LogP contribution >= 0.6 is 39.1 Å². The molecule has 0 aromatic heterocycles. The molecule has 2 aromatic carbocycles. The third-order valence-corrected chi connectivity index (χ3v) is 3.54. The molecule has 8 heteroatoms. The van der Waals surface area contributed by atoms with Gasteiger partial charge in [-0.2, -0.15) is 0 Å². The summed E-state index contributed by atoms with van der Waals surface area (Å²) < 4.78 is 0.450. The topological polar surface area (TPSA) is 75.7 Å². The van der Waals surface area contributed by atoms with Gasteiger partial charge in [0.1, 0.15) is 0 Å². The van der Waals surface area contributed by atoms with Crippen LogP contribution in [0.3, 0.4) is 0 Å². The SMILES string of the molecule is O=[N+]([O-])c1cc(Br)cc(C=Nc2cc(Cl)ccc2Cl)c1O. The molecular weight excluding hydrogens is 383 g/mol. The quantitative estimate of drug-likeness (QED) is 0.449. The zero-order valence-electron chi connectivity index (χ0n) is 10.3. The summed E-state index contributed by atoms with van der Waals surface area (Å²) in [5.41, 5.74) is 0.168. The van der Waals surface area contributed by atoms with Gasteiger partial charge in [0.15, 0.2) is 0 Å². The molecule has 21 heavy (non-hydrogen) atoms. The Labute approximate surface area is 138 Å². The number of phenols is 1. The van der Waals surface area contributed by atoms with E-state index in [2.05, 4.69) is 20.9 Å². The van der Waals surface area contributed by atoms with Crippen LogP contribution < -0.4 is 0 Å². The van der Waals surface area contributed by atoms with Crippen molar-refractivity contribution in [1.82, 2.24) is 0 Å². The van der Waals surface area contributed by atoms with Gasteiger partial charge >= 0.3 is 5.69 Å². The molecule has 2 aromatic rings. The second kappa shape index (κ2) is 6.43. The van der Waals surface area contributed by atoms with E-state index in [1.165, 1.54) is 18.3 Å². The molecule has 0 aliphatic rings. The van der Waals surface area contributed by atoms with Crippen molar-refractivity contribution in [1.29, 1.82) is 0 Å². The zero-order valence-corrected chi connectivity index (χ0v) is 13.4. The summed E-state index contributed by atoms with van der Waals surface area (Å²) in [6.45, 7) is 0. The van der Waals surface area contributed by atoms with Crippen LogP contribution in [-0.4, -0.2) is 16.2 Å². The number of rotatable bonds is 3. The first-order chi connectivity index (χ1) is 9.88. The van der Waals surface area contributed by atoms with E-state index in [0.717, 1.165) is 0 Å². The van der Waals surface area contributed by atoms with E-state index in [1.54, 1.807) is 18.2 Å². The fourth-order valence-corrected chi connectivity index (χ4v) is 2.36. The van der Waals surface area contributed by atoms with Crippen molar-refractivity contribution in [2.45, 2.75) is 0 Å². The van der Waals surface area contributed by atoms with E-state index in [0.29, 0.717) is 20.2 Å². The molecule has 0 unspecified atom stereocenters. The first-order valence-corrected chi connectivity index (χ1v) is 7.09. The molecule has 0 fully saturated rings. The highest BCUT2D eigenvalue weighted by Gasteiger charge is 2.17. The molecule has 0 radical (unpaired) electrons. The van der Waals surface area contributed by atoms with Gasteiger partial charge in [-0.15, -0.1) is 0 Å². The molecule has 108 valence electrons. The van der Waals surface area contributed by atoms with Crippen LogP contribution in [-0.2, 0) is 0 Å². The normalized spacial score (nSPS) is 11.0. The Morgan fingerprint density at radius 2 is 2.00 bits per heavy atom. The number of hydrogen-bond donors (Lipinski definition) is 1. The largest absolute Gasteiger partial charge is 0.502 e. The van der Waals surface area contributed by atoms with Crippen LogP contribution in [0.4, 0.5) is 11.4 Å². The van der Waals surface area contributed by atoms with Crippen molar-refractivity contribution in [2.24, 2.45) is 4.99 Å². The van der Waals surface area contributed by atoms with E-state index < -0.39 is 16.4 Å². The van der Waals surface area contributed by atoms with E-state index in [9.17, 15) is 15.2 Å². The number of halogens is 3. The molecule has 0 spiro atoms. The lowest BCUT2D eigenvalue weighted by Gasteiger charge is -2.02. The predicted molar refractivity (Wildman–Crippen MR) is 86.2 cm³/mol. The molecule has 1 N–H and O–H groups in total. The number of nitro benzene ring substituents is 1. The number of nitro groups is 1. The van der Waals surface area contributed by atoms with Crippen LogP contribution in [0.15, 0.2) is 39.8 Å². The summed E-state index contributed by atoms with van der Waals surface area (Å²) in [5, 5.41) is 21.5. The number of aromatic hydroxyl groups is 1. The number of nitrogens with zero attached hydrogens (tertiary/aromatic N) is 2. The molecule has 0 bridgehead atoms. The maximum Gasteiger partial charge on any atom is 0.312 e. The van der Waals surface area contributed by atoms with Crippen molar-refractivity contribution in [3.63, 3.8) is 0 Å². The summed E-state index contributed by atoms with van der Waals surface area (Å²) in [5.74, 6) is -0.467. The molecule has 0 saturated heterocycles. The van der Waals surface area contributed by atoms with E-state index >= 15 is 0 Å². The van der Waals surface area contributed by atoms with E-state index in [-0.39, 0.29) is 5.56 Å². The van der Waals surface area contributed by atoms with Crippen molar-refractivity contribution in [2.75, 3.05) is 0 Å². The average molecular weight is 390 g/mol. The van der Waals surface area contributed by atoms with Crippen LogP contribution in [0.25, 0.3) is 0 Å². The molecule has 0 amide bonds. The number of benzene rings is 2. The minimum Gasteiger partial charge on any atom is -0.502 e. The maximum absolute atomic E-state index is 10.8. The summed E-state index contributed by atoms with van der Waals surface area (Å²) in [6, 6.07) is 7.46. The minimum atomic E-state index is -0.677. The first kappa shape index (κ1) is 15.8. The van der Waals surface area contributed by atoms with Gasteiger partial charge in [-0.25, -0.2) is 0 Å². The van der Waals surface area contributed by atoms with Gasteiger partial charge in [-0.05, 0) is 24.3 Å². The molecule has 0 aliphatic carbocycles. The lowest BCUT2D eigenvalue weighted by molar-refractivity contribution is -0.385. The third-order valence-electron chi connectivity index (χ3n) is 2.53. The van der Waals surface area contributed by atoms with Gasteiger partial charge in [0.05, 0.1) is 15.6 Å². The summed E-state index contributed by atoms with van der Waals surface area (Å²) in [4.78, 5) is 14.3. The van der Waals surface area contributed by atoms with E-state index in [1.807, 2.05) is 0 Å². The molecular formula is C13H7BrCl2N2O3. The van der Waals surface area contributed by atoms with Gasteiger partial charge in [-0.3, -0.25) is 15.1 Å². The van der Waals surface area contributed by atoms with Crippen LogP contribution in [0.2, 0.25) is 10.0 Å². The highest BCUT2D eigenvalue weighted by Crippen LogP contribution is 2.33. The Balaban J connectivity index is 2.46. The van der Waals surface area contributed by atoms with Crippen molar-refractivity contribution >= 4 is 56.7 Å². The fraction of sp³-hybridized carbons (Fsp3) is 0. The molecule has 0 heterocycles.